The normalized spacial score (nSPS) is 31.8. The number of halogens is 6. The molecular weight excluding hydrogens is 278 g/mol. The minimum absolute atomic E-state index is 1.60. The number of rotatable bonds is 1. The van der Waals surface area contributed by atoms with Gasteiger partial charge in [0.25, 0.3) is 0 Å². The van der Waals surface area contributed by atoms with Gasteiger partial charge in [0.15, 0.2) is 0 Å². The first kappa shape index (κ1) is 14.6. The molecule has 0 aromatic heterocycles. The van der Waals surface area contributed by atoms with Crippen LogP contribution in [0.3, 0.4) is 0 Å². The molecule has 17 heavy (non-hydrogen) atoms. The standard InChI is InChI=1S/C7H8F6O3S/c8-5(9)1-2-6(10,11)7(12,13)4(3-5)17(14,15)16/h4H,1-3H2,(H,14,15,16)/p-1. The van der Waals surface area contributed by atoms with E-state index in [9.17, 15) is 39.3 Å². The molecule has 0 spiro atoms. The van der Waals surface area contributed by atoms with Crippen molar-refractivity contribution < 1.29 is 39.3 Å². The van der Waals surface area contributed by atoms with E-state index in [1.54, 1.807) is 0 Å². The molecular formula is C7H7F6O3S-. The van der Waals surface area contributed by atoms with Crippen molar-refractivity contribution in [2.45, 2.75) is 42.3 Å². The van der Waals surface area contributed by atoms with Crippen LogP contribution in [-0.2, 0) is 10.1 Å². The van der Waals surface area contributed by atoms with E-state index in [0.29, 0.717) is 0 Å². The Labute approximate surface area is 92.5 Å². The molecule has 1 unspecified atom stereocenters. The highest BCUT2D eigenvalue weighted by molar-refractivity contribution is 7.86. The third kappa shape index (κ3) is 2.67. The second-order valence-electron chi connectivity index (χ2n) is 3.87. The van der Waals surface area contributed by atoms with Gasteiger partial charge in [-0.1, -0.05) is 0 Å². The molecule has 0 heterocycles. The molecule has 0 aromatic rings. The van der Waals surface area contributed by atoms with Crippen LogP contribution in [0.15, 0.2) is 0 Å². The molecule has 1 atom stereocenters. The van der Waals surface area contributed by atoms with E-state index >= 15 is 0 Å². The van der Waals surface area contributed by atoms with Crippen LogP contribution in [0.1, 0.15) is 19.3 Å². The minimum Gasteiger partial charge on any atom is -0.748 e. The van der Waals surface area contributed by atoms with Gasteiger partial charge in [-0.25, -0.2) is 17.2 Å². The molecule has 1 aliphatic rings. The lowest BCUT2D eigenvalue weighted by Crippen LogP contribution is -2.52. The topological polar surface area (TPSA) is 57.2 Å². The average molecular weight is 285 g/mol. The third-order valence-corrected chi connectivity index (χ3v) is 3.69. The Hall–Kier alpha value is -0.510. The molecule has 0 radical (unpaired) electrons. The Balaban J connectivity index is 3.31. The van der Waals surface area contributed by atoms with Crippen molar-refractivity contribution >= 4 is 10.1 Å². The van der Waals surface area contributed by atoms with E-state index in [0.717, 1.165) is 0 Å². The molecule has 0 N–H and O–H groups in total. The van der Waals surface area contributed by atoms with Gasteiger partial charge in [0.2, 0.25) is 5.92 Å². The molecule has 0 bridgehead atoms. The van der Waals surface area contributed by atoms with Crippen LogP contribution >= 0.6 is 0 Å². The van der Waals surface area contributed by atoms with Crippen molar-refractivity contribution in [2.24, 2.45) is 0 Å². The molecule has 1 saturated carbocycles. The first-order valence-corrected chi connectivity index (χ1v) is 5.85. The van der Waals surface area contributed by atoms with E-state index in [-0.39, 0.29) is 0 Å². The molecule has 1 fully saturated rings. The number of hydrogen-bond donors (Lipinski definition) is 0. The van der Waals surface area contributed by atoms with E-state index in [4.69, 9.17) is 0 Å². The van der Waals surface area contributed by atoms with Gasteiger partial charge in [0, 0.05) is 19.3 Å². The lowest BCUT2D eigenvalue weighted by atomic mass is 10.1. The van der Waals surface area contributed by atoms with Crippen LogP contribution < -0.4 is 0 Å². The first-order chi connectivity index (χ1) is 7.30. The highest BCUT2D eigenvalue weighted by Crippen LogP contribution is 2.50. The maximum Gasteiger partial charge on any atom is 0.325 e. The zero-order chi connectivity index (χ0) is 13.7. The van der Waals surface area contributed by atoms with Gasteiger partial charge in [-0.3, -0.25) is 0 Å². The molecule has 0 saturated heterocycles. The summed E-state index contributed by atoms with van der Waals surface area (Å²) in [5.41, 5.74) is 0. The number of alkyl halides is 6. The maximum absolute atomic E-state index is 13.1. The lowest BCUT2D eigenvalue weighted by molar-refractivity contribution is -0.208. The highest BCUT2D eigenvalue weighted by Gasteiger charge is 2.66. The van der Waals surface area contributed by atoms with Crippen molar-refractivity contribution in [3.8, 4) is 0 Å². The predicted molar refractivity (Wildman–Crippen MR) is 42.2 cm³/mol. The minimum atomic E-state index is -5.96. The Morgan fingerprint density at radius 2 is 1.47 bits per heavy atom. The molecule has 10 heteroatoms. The largest absolute Gasteiger partial charge is 0.748 e. The van der Waals surface area contributed by atoms with Gasteiger partial charge in [0.1, 0.15) is 15.4 Å². The predicted octanol–water partition coefficient (Wildman–Crippen LogP) is 1.99. The van der Waals surface area contributed by atoms with Gasteiger partial charge < -0.3 is 4.55 Å². The van der Waals surface area contributed by atoms with E-state index in [1.165, 1.54) is 0 Å². The summed E-state index contributed by atoms with van der Waals surface area (Å²) >= 11 is 0. The summed E-state index contributed by atoms with van der Waals surface area (Å²) in [7, 11) is -5.96. The van der Waals surface area contributed by atoms with Crippen molar-refractivity contribution in [3.63, 3.8) is 0 Å². The van der Waals surface area contributed by atoms with Crippen molar-refractivity contribution in [3.05, 3.63) is 0 Å². The third-order valence-electron chi connectivity index (χ3n) is 2.53. The highest BCUT2D eigenvalue weighted by atomic mass is 32.2. The zero-order valence-electron chi connectivity index (χ0n) is 8.10. The van der Waals surface area contributed by atoms with Crippen LogP contribution in [0, 0.1) is 0 Å². The van der Waals surface area contributed by atoms with Crippen molar-refractivity contribution in [1.82, 2.24) is 0 Å². The van der Waals surface area contributed by atoms with E-state index in [2.05, 4.69) is 0 Å². The van der Waals surface area contributed by atoms with Gasteiger partial charge in [-0.15, -0.1) is 0 Å². The Bertz CT molecular complexity index is 404. The summed E-state index contributed by atoms with van der Waals surface area (Å²) in [6.07, 6.45) is -5.57. The molecule has 1 rings (SSSR count). The smallest absolute Gasteiger partial charge is 0.325 e. The van der Waals surface area contributed by atoms with Crippen LogP contribution in [0.5, 0.6) is 0 Å². The second-order valence-corrected chi connectivity index (χ2v) is 5.42. The van der Waals surface area contributed by atoms with Crippen LogP contribution in [-0.4, -0.2) is 36.0 Å². The van der Waals surface area contributed by atoms with E-state index < -0.39 is 52.4 Å². The van der Waals surface area contributed by atoms with Gasteiger partial charge in [-0.05, 0) is 0 Å². The summed E-state index contributed by atoms with van der Waals surface area (Å²) in [5, 5.41) is -3.62. The Morgan fingerprint density at radius 1 is 1.00 bits per heavy atom. The quantitative estimate of drug-likeness (QED) is 0.420. The van der Waals surface area contributed by atoms with Crippen LogP contribution in [0.2, 0.25) is 0 Å². The lowest BCUT2D eigenvalue weighted by Gasteiger charge is -2.32. The SMILES string of the molecule is O=S(=O)([O-])C1CC(F)(F)CCC(F)(F)C1(F)F. The zero-order valence-corrected chi connectivity index (χ0v) is 8.92. The number of hydrogen-bond acceptors (Lipinski definition) is 3. The fourth-order valence-corrected chi connectivity index (χ4v) is 2.51. The van der Waals surface area contributed by atoms with E-state index in [1.807, 2.05) is 0 Å². The van der Waals surface area contributed by atoms with Crippen LogP contribution in [0.4, 0.5) is 26.3 Å². The summed E-state index contributed by atoms with van der Waals surface area (Å²) < 4.78 is 109. The summed E-state index contributed by atoms with van der Waals surface area (Å²) in [6, 6.07) is 0. The second kappa shape index (κ2) is 3.74. The van der Waals surface area contributed by atoms with Crippen LogP contribution in [0.25, 0.3) is 0 Å². The fraction of sp³-hybridized carbons (Fsp3) is 1.00. The van der Waals surface area contributed by atoms with Gasteiger partial charge in [-0.2, -0.15) is 17.6 Å². The van der Waals surface area contributed by atoms with Gasteiger partial charge in [0.05, 0.1) is 0 Å². The van der Waals surface area contributed by atoms with Crippen molar-refractivity contribution in [2.75, 3.05) is 0 Å². The summed E-state index contributed by atoms with van der Waals surface area (Å²) in [4.78, 5) is 0. The van der Waals surface area contributed by atoms with Crippen molar-refractivity contribution in [1.29, 1.82) is 0 Å². The summed E-state index contributed by atoms with van der Waals surface area (Å²) in [5.74, 6) is -14.3. The Kier molecular flexibility index (Phi) is 3.20. The molecule has 102 valence electrons. The molecule has 0 aromatic carbocycles. The molecule has 0 amide bonds. The molecule has 3 nitrogen and oxygen atoms in total. The Morgan fingerprint density at radius 3 is 1.88 bits per heavy atom. The molecule has 0 aliphatic heterocycles. The molecule has 1 aliphatic carbocycles. The monoisotopic (exact) mass is 285 g/mol. The maximum atomic E-state index is 13.1. The summed E-state index contributed by atoms with van der Waals surface area (Å²) in [6.45, 7) is 0. The first-order valence-electron chi connectivity index (χ1n) is 4.38. The van der Waals surface area contributed by atoms with Gasteiger partial charge >= 0.3 is 11.8 Å². The fourth-order valence-electron chi connectivity index (χ4n) is 1.53. The average Bonchev–Trinajstić information content (AvgIpc) is 2.14.